The van der Waals surface area contributed by atoms with E-state index in [1.165, 1.54) is 0 Å². The first-order valence-corrected chi connectivity index (χ1v) is 10.2. The summed E-state index contributed by atoms with van der Waals surface area (Å²) in [5.74, 6) is 0.439. The lowest BCUT2D eigenvalue weighted by atomic mass is 9.96. The van der Waals surface area contributed by atoms with Gasteiger partial charge in [-0.3, -0.25) is 9.69 Å². The average Bonchev–Trinajstić information content (AvgIpc) is 2.73. The molecule has 0 radical (unpaired) electrons. The summed E-state index contributed by atoms with van der Waals surface area (Å²) >= 11 is 0. The first-order chi connectivity index (χ1) is 13.5. The van der Waals surface area contributed by atoms with Crippen molar-refractivity contribution in [1.82, 2.24) is 20.0 Å². The zero-order valence-corrected chi connectivity index (χ0v) is 17.0. The third-order valence-electron chi connectivity index (χ3n) is 5.49. The van der Waals surface area contributed by atoms with Gasteiger partial charge in [0.05, 0.1) is 25.8 Å². The molecule has 0 aromatic heterocycles. The first kappa shape index (κ1) is 20.6. The number of hydrogen-bond acceptors (Lipinski definition) is 4. The Morgan fingerprint density at radius 1 is 0.964 bits per heavy atom. The monoisotopic (exact) mass is 388 g/mol. The number of urea groups is 1. The molecule has 1 atom stereocenters. The molecule has 1 aromatic carbocycles. The molecule has 154 valence electrons. The molecule has 2 fully saturated rings. The van der Waals surface area contributed by atoms with Gasteiger partial charge in [0.2, 0.25) is 5.91 Å². The van der Waals surface area contributed by atoms with Crippen LogP contribution in [0.15, 0.2) is 30.3 Å². The second-order valence-electron chi connectivity index (χ2n) is 7.84. The summed E-state index contributed by atoms with van der Waals surface area (Å²) in [6, 6.07) is 10.00. The van der Waals surface area contributed by atoms with Crippen molar-refractivity contribution in [2.45, 2.75) is 19.9 Å². The normalized spacial score (nSPS) is 19.5. The zero-order chi connectivity index (χ0) is 19.9. The minimum absolute atomic E-state index is 0.0188. The van der Waals surface area contributed by atoms with Crippen LogP contribution < -0.4 is 5.32 Å². The Hall–Kier alpha value is -2.12. The Labute approximate surface area is 167 Å². The highest BCUT2D eigenvalue weighted by Crippen LogP contribution is 2.21. The maximum atomic E-state index is 12.8. The second kappa shape index (κ2) is 9.89. The first-order valence-electron chi connectivity index (χ1n) is 10.2. The number of benzene rings is 1. The molecule has 0 aliphatic carbocycles. The number of morpholine rings is 1. The van der Waals surface area contributed by atoms with Crippen LogP contribution in [0.25, 0.3) is 0 Å². The maximum Gasteiger partial charge on any atom is 0.318 e. The van der Waals surface area contributed by atoms with Gasteiger partial charge in [-0.05, 0) is 11.5 Å². The fourth-order valence-electron chi connectivity index (χ4n) is 3.73. The Balaban J connectivity index is 1.48. The zero-order valence-electron chi connectivity index (χ0n) is 17.0. The van der Waals surface area contributed by atoms with E-state index in [1.807, 2.05) is 40.1 Å². The van der Waals surface area contributed by atoms with E-state index in [4.69, 9.17) is 4.74 Å². The SMILES string of the molecule is CC(C)C(NC(=O)N1CCN(C(=O)CN2CCOCC2)CC1)c1ccccc1. The van der Waals surface area contributed by atoms with E-state index in [2.05, 4.69) is 24.1 Å². The van der Waals surface area contributed by atoms with E-state index in [0.717, 1.165) is 18.7 Å². The van der Waals surface area contributed by atoms with Crippen molar-refractivity contribution in [2.75, 3.05) is 59.0 Å². The van der Waals surface area contributed by atoms with E-state index in [-0.39, 0.29) is 18.0 Å². The lowest BCUT2D eigenvalue weighted by Gasteiger charge is -2.37. The number of carbonyl (C=O) groups is 2. The van der Waals surface area contributed by atoms with Crippen LogP contribution in [-0.4, -0.2) is 85.7 Å². The molecule has 0 spiro atoms. The molecule has 1 N–H and O–H groups in total. The fourth-order valence-corrected chi connectivity index (χ4v) is 3.73. The van der Waals surface area contributed by atoms with Crippen LogP contribution in [-0.2, 0) is 9.53 Å². The van der Waals surface area contributed by atoms with E-state index >= 15 is 0 Å². The molecule has 28 heavy (non-hydrogen) atoms. The summed E-state index contributed by atoms with van der Waals surface area (Å²) in [6.07, 6.45) is 0. The van der Waals surface area contributed by atoms with E-state index in [0.29, 0.717) is 51.9 Å². The van der Waals surface area contributed by atoms with Crippen molar-refractivity contribution >= 4 is 11.9 Å². The lowest BCUT2D eigenvalue weighted by molar-refractivity contribution is -0.134. The predicted molar refractivity (Wildman–Crippen MR) is 108 cm³/mol. The van der Waals surface area contributed by atoms with Crippen LogP contribution in [0.5, 0.6) is 0 Å². The third kappa shape index (κ3) is 5.45. The van der Waals surface area contributed by atoms with Gasteiger partial charge in [0.25, 0.3) is 0 Å². The number of piperazine rings is 1. The number of nitrogens with one attached hydrogen (secondary N) is 1. The molecule has 1 aromatic rings. The summed E-state index contributed by atoms with van der Waals surface area (Å²) in [5.41, 5.74) is 1.12. The molecule has 2 heterocycles. The quantitative estimate of drug-likeness (QED) is 0.832. The van der Waals surface area contributed by atoms with Crippen LogP contribution in [0.4, 0.5) is 4.79 Å². The molecule has 0 bridgehead atoms. The molecule has 2 saturated heterocycles. The number of nitrogens with zero attached hydrogens (tertiary/aromatic N) is 3. The van der Waals surface area contributed by atoms with Crippen molar-refractivity contribution in [1.29, 1.82) is 0 Å². The minimum Gasteiger partial charge on any atom is -0.379 e. The standard InChI is InChI=1S/C21H32N4O3/c1-17(2)20(18-6-4-3-5-7-18)22-21(27)25-10-8-24(9-11-25)19(26)16-23-12-14-28-15-13-23/h3-7,17,20H,8-16H2,1-2H3,(H,22,27). The number of carbonyl (C=O) groups excluding carboxylic acids is 2. The molecule has 0 saturated carbocycles. The summed E-state index contributed by atoms with van der Waals surface area (Å²) < 4.78 is 5.33. The smallest absolute Gasteiger partial charge is 0.318 e. The number of amides is 3. The second-order valence-corrected chi connectivity index (χ2v) is 7.84. The molecule has 2 aliphatic rings. The summed E-state index contributed by atoms with van der Waals surface area (Å²) in [7, 11) is 0. The maximum absolute atomic E-state index is 12.8. The van der Waals surface area contributed by atoms with Crippen molar-refractivity contribution < 1.29 is 14.3 Å². The molecule has 7 heteroatoms. The summed E-state index contributed by atoms with van der Waals surface area (Å²) in [4.78, 5) is 31.1. The van der Waals surface area contributed by atoms with E-state index < -0.39 is 0 Å². The molecular formula is C21H32N4O3. The van der Waals surface area contributed by atoms with Crippen molar-refractivity contribution in [3.8, 4) is 0 Å². The highest BCUT2D eigenvalue weighted by atomic mass is 16.5. The Morgan fingerprint density at radius 3 is 2.18 bits per heavy atom. The summed E-state index contributed by atoms with van der Waals surface area (Å²) in [6.45, 7) is 10.00. The lowest BCUT2D eigenvalue weighted by Crippen LogP contribution is -2.55. The molecule has 2 aliphatic heterocycles. The minimum atomic E-state index is -0.0529. The van der Waals surface area contributed by atoms with Crippen molar-refractivity contribution in [3.63, 3.8) is 0 Å². The predicted octanol–water partition coefficient (Wildman–Crippen LogP) is 1.57. The highest BCUT2D eigenvalue weighted by Gasteiger charge is 2.27. The number of rotatable bonds is 5. The van der Waals surface area contributed by atoms with Crippen LogP contribution in [0.2, 0.25) is 0 Å². The van der Waals surface area contributed by atoms with Gasteiger partial charge < -0.3 is 19.9 Å². The topological polar surface area (TPSA) is 65.1 Å². The fraction of sp³-hybridized carbons (Fsp3) is 0.619. The molecule has 3 amide bonds. The molecule has 1 unspecified atom stereocenters. The Kier molecular flexibility index (Phi) is 7.28. The van der Waals surface area contributed by atoms with Crippen molar-refractivity contribution in [2.24, 2.45) is 5.92 Å². The van der Waals surface area contributed by atoms with Gasteiger partial charge in [-0.1, -0.05) is 44.2 Å². The number of hydrogen-bond donors (Lipinski definition) is 1. The Morgan fingerprint density at radius 2 is 1.57 bits per heavy atom. The van der Waals surface area contributed by atoms with E-state index in [1.54, 1.807) is 0 Å². The number of ether oxygens (including phenoxy) is 1. The third-order valence-corrected chi connectivity index (χ3v) is 5.49. The molecule has 3 rings (SSSR count). The van der Waals surface area contributed by atoms with Crippen LogP contribution in [0.1, 0.15) is 25.5 Å². The Bertz CT molecular complexity index is 638. The van der Waals surface area contributed by atoms with Gasteiger partial charge in [0, 0.05) is 39.3 Å². The van der Waals surface area contributed by atoms with Crippen LogP contribution >= 0.6 is 0 Å². The molecule has 7 nitrogen and oxygen atoms in total. The van der Waals surface area contributed by atoms with Gasteiger partial charge in [-0.15, -0.1) is 0 Å². The highest BCUT2D eigenvalue weighted by molar-refractivity contribution is 5.79. The van der Waals surface area contributed by atoms with Crippen molar-refractivity contribution in [3.05, 3.63) is 35.9 Å². The van der Waals surface area contributed by atoms with Gasteiger partial charge in [0.1, 0.15) is 0 Å². The van der Waals surface area contributed by atoms with Gasteiger partial charge in [-0.25, -0.2) is 4.79 Å². The summed E-state index contributed by atoms with van der Waals surface area (Å²) in [5, 5.41) is 3.17. The largest absolute Gasteiger partial charge is 0.379 e. The van der Waals surface area contributed by atoms with Crippen LogP contribution in [0, 0.1) is 5.92 Å². The van der Waals surface area contributed by atoms with Crippen LogP contribution in [0.3, 0.4) is 0 Å². The van der Waals surface area contributed by atoms with E-state index in [9.17, 15) is 9.59 Å². The van der Waals surface area contributed by atoms with Gasteiger partial charge in [0.15, 0.2) is 0 Å². The van der Waals surface area contributed by atoms with Gasteiger partial charge >= 0.3 is 6.03 Å². The van der Waals surface area contributed by atoms with Gasteiger partial charge in [-0.2, -0.15) is 0 Å². The molecular weight excluding hydrogens is 356 g/mol. The average molecular weight is 389 g/mol.